The first kappa shape index (κ1) is 35.8. The maximum absolute atomic E-state index is 14.7. The quantitative estimate of drug-likeness (QED) is 0.245. The molecule has 1 aromatic rings. The first-order valence-corrected chi connectivity index (χ1v) is 18.3. The van der Waals surface area contributed by atoms with Crippen molar-refractivity contribution in [3.05, 3.63) is 11.9 Å². The number of oxime groups is 1. The second-order valence-corrected chi connectivity index (χ2v) is 15.9. The van der Waals surface area contributed by atoms with Gasteiger partial charge in [-0.15, -0.1) is 0 Å². The molecule has 1 N–H and O–H groups in total. The Morgan fingerprint density at radius 2 is 1.71 bits per heavy atom. The fourth-order valence-electron chi connectivity index (χ4n) is 9.18. The molecule has 2 spiro atoms. The minimum atomic E-state index is -0.929. The number of aromatic nitrogens is 2. The Kier molecular flexibility index (Phi) is 10.2. The number of anilines is 1. The van der Waals surface area contributed by atoms with Crippen molar-refractivity contribution in [1.82, 2.24) is 19.8 Å². The Morgan fingerprint density at radius 3 is 2.35 bits per heavy atom. The Balaban J connectivity index is 1.33. The van der Waals surface area contributed by atoms with E-state index in [1.165, 1.54) is 0 Å². The number of Topliss-reactive ketones (excluding diaryl/α,β-unsaturated/α-hetero) is 1. The van der Waals surface area contributed by atoms with Gasteiger partial charge in [-0.05, 0) is 93.7 Å². The molecule has 0 radical (unpaired) electrons. The van der Waals surface area contributed by atoms with Crippen molar-refractivity contribution >= 4 is 23.4 Å². The number of hydrogen-bond donors (Lipinski definition) is 1. The van der Waals surface area contributed by atoms with E-state index in [1.807, 2.05) is 40.7 Å². The summed E-state index contributed by atoms with van der Waals surface area (Å²) in [5.74, 6) is -0.542. The predicted molar refractivity (Wildman–Crippen MR) is 183 cm³/mol. The third-order valence-electron chi connectivity index (χ3n) is 11.4. The molecule has 272 valence electrons. The molecule has 0 aromatic carbocycles. The summed E-state index contributed by atoms with van der Waals surface area (Å²) in [7, 11) is 2.11. The van der Waals surface area contributed by atoms with Crippen LogP contribution in [-0.4, -0.2) is 118 Å². The van der Waals surface area contributed by atoms with Crippen LogP contribution < -0.4 is 9.64 Å². The highest BCUT2D eigenvalue weighted by Crippen LogP contribution is 2.56. The largest absolute Gasteiger partial charge is 0.473 e. The lowest BCUT2D eigenvalue weighted by Crippen LogP contribution is -2.60. The molecular weight excluding hydrogens is 628 g/mol. The van der Waals surface area contributed by atoms with Gasteiger partial charge in [-0.1, -0.05) is 18.0 Å². The number of hydrogen-bond acceptors (Lipinski definition) is 12. The van der Waals surface area contributed by atoms with Gasteiger partial charge in [-0.3, -0.25) is 14.6 Å². The average Bonchev–Trinajstić information content (AvgIpc) is 3.69. The van der Waals surface area contributed by atoms with Gasteiger partial charge in [-0.25, -0.2) is 9.78 Å². The van der Waals surface area contributed by atoms with Gasteiger partial charge in [0.15, 0.2) is 17.4 Å². The molecule has 3 aliphatic heterocycles. The lowest BCUT2D eigenvalue weighted by molar-refractivity contribution is -0.255. The van der Waals surface area contributed by atoms with E-state index in [1.54, 1.807) is 4.90 Å². The number of ether oxygens (including phenoxy) is 4. The van der Waals surface area contributed by atoms with E-state index in [-0.39, 0.29) is 47.6 Å². The lowest BCUT2D eigenvalue weighted by Gasteiger charge is -2.52. The number of ketones is 1. The summed E-state index contributed by atoms with van der Waals surface area (Å²) in [6, 6.07) is 1.71. The maximum atomic E-state index is 14.7. The van der Waals surface area contributed by atoms with Gasteiger partial charge >= 0.3 is 6.09 Å². The molecule has 6 rings (SSSR count). The van der Waals surface area contributed by atoms with Gasteiger partial charge < -0.3 is 29.1 Å². The van der Waals surface area contributed by atoms with Gasteiger partial charge in [0.2, 0.25) is 5.88 Å². The summed E-state index contributed by atoms with van der Waals surface area (Å²) < 4.78 is 24.8. The number of carbonyl (C=O) groups is 2. The molecule has 49 heavy (non-hydrogen) atoms. The fraction of sp³-hybridized carbons (Fsp3) is 0.806. The summed E-state index contributed by atoms with van der Waals surface area (Å²) in [4.78, 5) is 43.8. The fourth-order valence-corrected chi connectivity index (χ4v) is 9.18. The van der Waals surface area contributed by atoms with Crippen molar-refractivity contribution in [3.63, 3.8) is 0 Å². The SMILES string of the molecule is C[C@H](Oc1cc(N2C[C@H](C)N(C(=O)OC(C)(C)C)[C@@H](C)C2)nc(/C(=N\O)C2CCC[C@@]3(CCCCC34OCCO4)C2=O)n1)[C@@H]1CCCN1C. The zero-order valence-electron chi connectivity index (χ0n) is 30.4. The number of likely N-dealkylation sites (tertiary alicyclic amines) is 1. The summed E-state index contributed by atoms with van der Waals surface area (Å²) in [6.45, 7) is 14.6. The van der Waals surface area contributed by atoms with Crippen LogP contribution in [0.5, 0.6) is 5.88 Å². The van der Waals surface area contributed by atoms with Crippen LogP contribution in [-0.2, 0) is 19.0 Å². The molecule has 1 amide bonds. The van der Waals surface area contributed by atoms with Crippen LogP contribution in [0.25, 0.3) is 0 Å². The molecule has 0 bridgehead atoms. The van der Waals surface area contributed by atoms with Crippen molar-refractivity contribution in [1.29, 1.82) is 0 Å². The molecule has 5 fully saturated rings. The highest BCUT2D eigenvalue weighted by molar-refractivity contribution is 6.14. The number of rotatable bonds is 6. The molecule has 1 aromatic heterocycles. The van der Waals surface area contributed by atoms with Crippen LogP contribution in [0.2, 0.25) is 0 Å². The number of amides is 1. The monoisotopic (exact) mass is 684 g/mol. The van der Waals surface area contributed by atoms with Crippen LogP contribution >= 0.6 is 0 Å². The van der Waals surface area contributed by atoms with Crippen molar-refractivity contribution in [3.8, 4) is 5.88 Å². The van der Waals surface area contributed by atoms with E-state index in [4.69, 9.17) is 28.9 Å². The van der Waals surface area contributed by atoms with Crippen LogP contribution in [0.15, 0.2) is 11.2 Å². The smallest absolute Gasteiger partial charge is 0.410 e. The third kappa shape index (κ3) is 6.87. The number of nitrogens with zero attached hydrogens (tertiary/aromatic N) is 6. The normalized spacial score (nSPS) is 31.8. The van der Waals surface area contributed by atoms with Gasteiger partial charge in [0.1, 0.15) is 23.2 Å². The molecular formula is C36H56N6O7. The molecule has 13 heteroatoms. The number of piperazine rings is 1. The molecule has 6 atom stereocenters. The predicted octanol–water partition coefficient (Wildman–Crippen LogP) is 5.02. The van der Waals surface area contributed by atoms with Gasteiger partial charge in [0.25, 0.3) is 0 Å². The Labute approximate surface area is 290 Å². The molecule has 2 aliphatic carbocycles. The second-order valence-electron chi connectivity index (χ2n) is 15.9. The number of likely N-dealkylation sites (N-methyl/N-ethyl adjacent to an activating group) is 1. The average molecular weight is 685 g/mol. The number of fused-ring (bicyclic) bond motifs is 1. The minimum absolute atomic E-state index is 0.0150. The Bertz CT molecular complexity index is 1390. The highest BCUT2D eigenvalue weighted by atomic mass is 16.7. The van der Waals surface area contributed by atoms with E-state index in [0.29, 0.717) is 63.7 Å². The van der Waals surface area contributed by atoms with Crippen molar-refractivity contribution in [2.24, 2.45) is 16.5 Å². The van der Waals surface area contributed by atoms with Gasteiger partial charge in [0.05, 0.1) is 36.6 Å². The molecule has 4 heterocycles. The summed E-state index contributed by atoms with van der Waals surface area (Å²) in [5.41, 5.74) is -1.26. The zero-order valence-corrected chi connectivity index (χ0v) is 30.4. The lowest BCUT2D eigenvalue weighted by atomic mass is 9.57. The first-order valence-electron chi connectivity index (χ1n) is 18.3. The molecule has 2 saturated carbocycles. The third-order valence-corrected chi connectivity index (χ3v) is 11.4. The molecule has 13 nitrogen and oxygen atoms in total. The van der Waals surface area contributed by atoms with Crippen LogP contribution in [0.1, 0.15) is 105 Å². The highest BCUT2D eigenvalue weighted by Gasteiger charge is 2.63. The van der Waals surface area contributed by atoms with E-state index >= 15 is 0 Å². The first-order chi connectivity index (χ1) is 23.3. The van der Waals surface area contributed by atoms with Crippen LogP contribution in [0.4, 0.5) is 10.6 Å². The van der Waals surface area contributed by atoms with Gasteiger partial charge in [-0.2, -0.15) is 4.98 Å². The Morgan fingerprint density at radius 1 is 1.04 bits per heavy atom. The topological polar surface area (TPSA) is 139 Å². The van der Waals surface area contributed by atoms with E-state index in [2.05, 4.69) is 28.9 Å². The standard InChI is InChI=1S/C36H56N6O7/c1-23-21-41(22-24(2)42(23)33(44)49-34(4,5)6)28-20-29(48-25(3)27-13-11-17-40(27)7)38-32(37-28)30(39-45)26-12-10-15-35(31(26)43)14-8-9-16-36(35)46-18-19-47-36/h20,23-27,45H,8-19,21-22H2,1-7H3/b39-30-/t23-,24-,25-,26?,27-,35-/m0/s1. The molecule has 5 aliphatic rings. The Hall–Kier alpha value is -3.03. The molecule has 1 unspecified atom stereocenters. The van der Waals surface area contributed by atoms with E-state index in [0.717, 1.165) is 38.6 Å². The second kappa shape index (κ2) is 13.9. The van der Waals surface area contributed by atoms with E-state index in [9.17, 15) is 14.8 Å². The summed E-state index contributed by atoms with van der Waals surface area (Å²) in [5, 5.41) is 14.4. The van der Waals surface area contributed by atoms with Crippen LogP contribution in [0, 0.1) is 11.3 Å². The van der Waals surface area contributed by atoms with Crippen molar-refractivity contribution < 1.29 is 33.7 Å². The van der Waals surface area contributed by atoms with E-state index < -0.39 is 22.7 Å². The van der Waals surface area contributed by atoms with Crippen LogP contribution in [0.3, 0.4) is 0 Å². The summed E-state index contributed by atoms with van der Waals surface area (Å²) in [6.07, 6.45) is 6.82. The molecule has 3 saturated heterocycles. The minimum Gasteiger partial charge on any atom is -0.473 e. The van der Waals surface area contributed by atoms with Gasteiger partial charge in [0, 0.05) is 31.6 Å². The number of carbonyl (C=O) groups excluding carboxylic acids is 2. The van der Waals surface area contributed by atoms with Crippen molar-refractivity contribution in [2.75, 3.05) is 44.8 Å². The zero-order chi connectivity index (χ0) is 35.1. The van der Waals surface area contributed by atoms with Crippen molar-refractivity contribution in [2.45, 2.75) is 135 Å². The maximum Gasteiger partial charge on any atom is 0.410 e. The summed E-state index contributed by atoms with van der Waals surface area (Å²) >= 11 is 0.